The highest BCUT2D eigenvalue weighted by Crippen LogP contribution is 2.43. The molecule has 0 aliphatic carbocycles. The van der Waals surface area contributed by atoms with Gasteiger partial charge in [-0.1, -0.05) is 6.07 Å². The molecule has 92 valence electrons. The molecule has 1 aromatic carbocycles. The zero-order chi connectivity index (χ0) is 20.0. The van der Waals surface area contributed by atoms with Crippen molar-refractivity contribution in [2.24, 2.45) is 0 Å². The molecule has 0 unspecified atom stereocenters. The maximum Gasteiger partial charge on any atom is 0.179 e. The van der Waals surface area contributed by atoms with Gasteiger partial charge in [0.25, 0.3) is 0 Å². The van der Waals surface area contributed by atoms with Crippen LogP contribution in [0.5, 0.6) is 5.75 Å². The number of rotatable bonds is 3. The molecule has 17 heavy (non-hydrogen) atoms. The number of fused-ring (bicyclic) bond motifs is 2. The maximum atomic E-state index is 14.1. The smallest absolute Gasteiger partial charge is 0.179 e. The molecular weight excluding hydrogens is 287 g/mol. The molecule has 0 N–H and O–H groups in total. The number of halogens is 2. The molecule has 0 radical (unpaired) electrons. The van der Waals surface area contributed by atoms with Gasteiger partial charge >= 0.3 is 0 Å². The summed E-state index contributed by atoms with van der Waals surface area (Å²) in [6.45, 7) is -1.03. The van der Waals surface area contributed by atoms with E-state index in [0.29, 0.717) is 0 Å². The standard InChI is InChI=1S/C13H14BrFO2/c14-10-2-1-3-11(12(10)15)16-8-13-6-4-9(17-13)5-7-13/h1-3,9H,4-8H2/i4D2,5D2,6D2,7D2,9D. The predicted octanol–water partition coefficient (Wildman–Crippen LogP) is 3.68. The zero-order valence-electron chi connectivity index (χ0n) is 17.5. The van der Waals surface area contributed by atoms with Crippen molar-refractivity contribution in [3.63, 3.8) is 0 Å². The topological polar surface area (TPSA) is 18.5 Å². The molecule has 2 bridgehead atoms. The minimum Gasteiger partial charge on any atom is -0.487 e. The Balaban J connectivity index is 2.10. The third-order valence-corrected chi connectivity index (χ3v) is 2.99. The minimum absolute atomic E-state index is 0.0396. The summed E-state index contributed by atoms with van der Waals surface area (Å²) in [5.74, 6) is -1.22. The first-order chi connectivity index (χ1) is 11.6. The first-order valence-electron chi connectivity index (χ1n) is 9.38. The molecule has 3 rings (SSSR count). The molecule has 2 fully saturated rings. The quantitative estimate of drug-likeness (QED) is 0.848. The zero-order valence-corrected chi connectivity index (χ0v) is 10.1. The van der Waals surface area contributed by atoms with E-state index in [1.165, 1.54) is 18.2 Å². The lowest BCUT2D eigenvalue weighted by Crippen LogP contribution is -2.32. The molecule has 2 aliphatic rings. The summed E-state index contributed by atoms with van der Waals surface area (Å²) in [5, 5.41) is 0. The molecule has 0 amide bonds. The fourth-order valence-electron chi connectivity index (χ4n) is 1.53. The van der Waals surface area contributed by atoms with Crippen molar-refractivity contribution >= 4 is 15.9 Å². The molecule has 2 nitrogen and oxygen atoms in total. The molecule has 2 saturated heterocycles. The van der Waals surface area contributed by atoms with Crippen LogP contribution in [0.2, 0.25) is 0 Å². The van der Waals surface area contributed by atoms with Crippen molar-refractivity contribution in [3.05, 3.63) is 28.5 Å². The van der Waals surface area contributed by atoms with Gasteiger partial charge in [0.1, 0.15) is 12.2 Å². The molecule has 4 heteroatoms. The lowest BCUT2D eigenvalue weighted by Gasteiger charge is -2.24. The van der Waals surface area contributed by atoms with E-state index in [-0.39, 0.29) is 10.2 Å². The van der Waals surface area contributed by atoms with E-state index in [2.05, 4.69) is 15.9 Å². The van der Waals surface area contributed by atoms with Crippen molar-refractivity contribution < 1.29 is 26.2 Å². The van der Waals surface area contributed by atoms with Gasteiger partial charge < -0.3 is 9.47 Å². The van der Waals surface area contributed by atoms with Crippen LogP contribution in [-0.2, 0) is 4.74 Å². The third-order valence-electron chi connectivity index (χ3n) is 2.38. The van der Waals surface area contributed by atoms with Gasteiger partial charge in [0.05, 0.1) is 11.9 Å². The summed E-state index contributed by atoms with van der Waals surface area (Å²) in [6, 6.07) is 4.00. The fraction of sp³-hybridized carbons (Fsp3) is 0.538. The normalized spacial score (nSPS) is 54.8. The van der Waals surface area contributed by atoms with E-state index in [1.54, 1.807) is 0 Å². The highest BCUT2D eigenvalue weighted by Gasteiger charge is 2.46. The van der Waals surface area contributed by atoms with Gasteiger partial charge in [-0.25, -0.2) is 4.39 Å². The summed E-state index contributed by atoms with van der Waals surface area (Å²) in [4.78, 5) is 0. The molecule has 0 saturated carbocycles. The van der Waals surface area contributed by atoms with Gasteiger partial charge in [-0.15, -0.1) is 0 Å². The van der Waals surface area contributed by atoms with Crippen LogP contribution in [0.1, 0.15) is 37.8 Å². The van der Waals surface area contributed by atoms with Crippen LogP contribution in [0.15, 0.2) is 22.7 Å². The minimum atomic E-state index is -3.19. The first kappa shape index (κ1) is 5.17. The maximum absolute atomic E-state index is 14.1. The van der Waals surface area contributed by atoms with Crippen LogP contribution in [0.4, 0.5) is 4.39 Å². The molecule has 0 atom stereocenters. The lowest BCUT2D eigenvalue weighted by atomic mass is 9.89. The van der Waals surface area contributed by atoms with Crippen molar-refractivity contribution in [2.45, 2.75) is 37.2 Å². The Morgan fingerprint density at radius 1 is 1.59 bits per heavy atom. The highest BCUT2D eigenvalue weighted by molar-refractivity contribution is 9.10. The highest BCUT2D eigenvalue weighted by atomic mass is 79.9. The van der Waals surface area contributed by atoms with Gasteiger partial charge in [0, 0.05) is 11.0 Å². The number of benzene rings is 1. The van der Waals surface area contributed by atoms with E-state index in [1.807, 2.05) is 0 Å². The van der Waals surface area contributed by atoms with Crippen LogP contribution >= 0.6 is 15.9 Å². The van der Waals surface area contributed by atoms with Crippen molar-refractivity contribution in [3.8, 4) is 5.75 Å². The Morgan fingerprint density at radius 3 is 3.12 bits per heavy atom. The van der Waals surface area contributed by atoms with Gasteiger partial charge in [0.2, 0.25) is 0 Å². The van der Waals surface area contributed by atoms with Crippen molar-refractivity contribution in [2.75, 3.05) is 6.61 Å². The van der Waals surface area contributed by atoms with Gasteiger partial charge in [-0.3, -0.25) is 0 Å². The monoisotopic (exact) mass is 309 g/mol. The summed E-state index contributed by atoms with van der Waals surface area (Å²) >= 11 is 2.94. The second-order valence-electron chi connectivity index (χ2n) is 3.60. The molecule has 0 aromatic heterocycles. The van der Waals surface area contributed by atoms with Crippen LogP contribution in [-0.4, -0.2) is 18.3 Å². The van der Waals surface area contributed by atoms with E-state index >= 15 is 0 Å². The van der Waals surface area contributed by atoms with Crippen molar-refractivity contribution in [1.82, 2.24) is 0 Å². The van der Waals surface area contributed by atoms with Gasteiger partial charge in [-0.05, 0) is 53.6 Å². The van der Waals surface area contributed by atoms with E-state index in [0.717, 1.165) is 0 Å². The van der Waals surface area contributed by atoms with Crippen molar-refractivity contribution in [1.29, 1.82) is 0 Å². The number of hydrogen-bond donors (Lipinski definition) is 0. The SMILES string of the molecule is [2H]C1([2H])C([2H])([2H])C2(COc3cccc(Br)c3F)OC1([2H])C([2H])([2H])C2([2H])[2H]. The average Bonchev–Trinajstić information content (AvgIpc) is 2.73. The molecule has 2 heterocycles. The first-order valence-corrected chi connectivity index (χ1v) is 5.67. The Hall–Kier alpha value is -0.610. The fourth-order valence-corrected chi connectivity index (χ4v) is 1.88. The van der Waals surface area contributed by atoms with E-state index < -0.39 is 49.6 Å². The van der Waals surface area contributed by atoms with Crippen LogP contribution in [0.25, 0.3) is 0 Å². The van der Waals surface area contributed by atoms with E-state index in [9.17, 15) is 4.39 Å². The van der Waals surface area contributed by atoms with E-state index in [4.69, 9.17) is 21.8 Å². The second-order valence-corrected chi connectivity index (χ2v) is 4.45. The Bertz CT molecular complexity index is 742. The van der Waals surface area contributed by atoms with Crippen LogP contribution in [0.3, 0.4) is 0 Å². The average molecular weight is 310 g/mol. The molecular formula is C13H14BrFO2. The van der Waals surface area contributed by atoms with Gasteiger partial charge in [0.15, 0.2) is 11.6 Å². The molecule has 1 aromatic rings. The van der Waals surface area contributed by atoms with Crippen LogP contribution < -0.4 is 4.74 Å². The summed E-state index contributed by atoms with van der Waals surface area (Å²) < 4.78 is 96.6. The van der Waals surface area contributed by atoms with Gasteiger partial charge in [-0.2, -0.15) is 0 Å². The number of hydrogen-bond acceptors (Lipinski definition) is 2. The summed E-state index contributed by atoms with van der Waals surface area (Å²) in [6.07, 6.45) is -15.8. The Labute approximate surface area is 121 Å². The Morgan fingerprint density at radius 2 is 2.35 bits per heavy atom. The summed E-state index contributed by atoms with van der Waals surface area (Å²) in [5.41, 5.74) is -2.80. The largest absolute Gasteiger partial charge is 0.487 e. The predicted molar refractivity (Wildman–Crippen MR) is 65.7 cm³/mol. The second kappa shape index (κ2) is 4.25. The molecule has 0 spiro atoms. The Kier molecular flexibility index (Phi) is 1.29. The summed E-state index contributed by atoms with van der Waals surface area (Å²) in [7, 11) is 0. The third kappa shape index (κ3) is 2.08. The lowest BCUT2D eigenvalue weighted by molar-refractivity contribution is -0.0206. The molecule has 2 aliphatic heterocycles. The number of ether oxygens (including phenoxy) is 2. The van der Waals surface area contributed by atoms with Crippen LogP contribution in [0, 0.1) is 5.82 Å².